The maximum atomic E-state index is 12.6. The van der Waals surface area contributed by atoms with Gasteiger partial charge in [-0.05, 0) is 29.8 Å². The largest absolute Gasteiger partial charge is 0.496 e. The Hall–Kier alpha value is -2.21. The summed E-state index contributed by atoms with van der Waals surface area (Å²) >= 11 is 1.74. The summed E-state index contributed by atoms with van der Waals surface area (Å²) in [6.07, 6.45) is 4.04. The van der Waals surface area contributed by atoms with Gasteiger partial charge in [-0.25, -0.2) is 0 Å². The Balaban J connectivity index is 1.99. The van der Waals surface area contributed by atoms with E-state index in [1.807, 2.05) is 35.2 Å². The van der Waals surface area contributed by atoms with Gasteiger partial charge in [-0.15, -0.1) is 11.8 Å². The van der Waals surface area contributed by atoms with E-state index in [1.165, 1.54) is 0 Å². The van der Waals surface area contributed by atoms with Gasteiger partial charge in [0.05, 0.1) is 19.8 Å². The quantitative estimate of drug-likeness (QED) is 0.833. The number of methoxy groups -OCH3 is 2. The first-order valence-corrected chi connectivity index (χ1v) is 8.80. The van der Waals surface area contributed by atoms with Gasteiger partial charge in [0.15, 0.2) is 0 Å². The molecule has 126 valence electrons. The lowest BCUT2D eigenvalue weighted by Crippen LogP contribution is -2.37. The summed E-state index contributed by atoms with van der Waals surface area (Å²) in [5.74, 6) is 2.41. The highest BCUT2D eigenvalue weighted by Gasteiger charge is 2.33. The molecule has 1 aromatic carbocycles. The fourth-order valence-electron chi connectivity index (χ4n) is 2.84. The molecular formula is C18H20N2O3S. The molecule has 0 N–H and O–H groups in total. The van der Waals surface area contributed by atoms with Crippen LogP contribution in [0.5, 0.6) is 11.5 Å². The van der Waals surface area contributed by atoms with Crippen LogP contribution in [-0.4, -0.2) is 35.8 Å². The van der Waals surface area contributed by atoms with Crippen LogP contribution in [-0.2, 0) is 11.3 Å². The van der Waals surface area contributed by atoms with Crippen LogP contribution in [0.1, 0.15) is 22.9 Å². The topological polar surface area (TPSA) is 51.7 Å². The zero-order chi connectivity index (χ0) is 16.9. The summed E-state index contributed by atoms with van der Waals surface area (Å²) in [7, 11) is 3.28. The van der Waals surface area contributed by atoms with Crippen molar-refractivity contribution in [1.29, 1.82) is 0 Å². The van der Waals surface area contributed by atoms with Crippen LogP contribution in [0.2, 0.25) is 0 Å². The summed E-state index contributed by atoms with van der Waals surface area (Å²) in [5.41, 5.74) is 1.97. The summed E-state index contributed by atoms with van der Waals surface area (Å²) in [6.45, 7) is 0.542. The number of carbonyl (C=O) groups excluding carboxylic acids is 1. The lowest BCUT2D eigenvalue weighted by molar-refractivity contribution is -0.132. The van der Waals surface area contributed by atoms with Gasteiger partial charge in [0.1, 0.15) is 16.9 Å². The number of rotatable bonds is 5. The summed E-state index contributed by atoms with van der Waals surface area (Å²) < 4.78 is 11.1. The fourth-order valence-corrected chi connectivity index (χ4v) is 4.13. The lowest BCUT2D eigenvalue weighted by atomic mass is 10.1. The molecule has 1 fully saturated rings. The molecule has 2 heterocycles. The molecule has 2 aromatic rings. The molecular weight excluding hydrogens is 324 g/mol. The molecule has 0 saturated carbocycles. The Morgan fingerprint density at radius 1 is 1.17 bits per heavy atom. The molecule has 1 unspecified atom stereocenters. The average molecular weight is 344 g/mol. The van der Waals surface area contributed by atoms with Crippen molar-refractivity contribution in [1.82, 2.24) is 9.88 Å². The number of nitrogens with zero attached hydrogens (tertiary/aromatic N) is 2. The smallest absolute Gasteiger partial charge is 0.224 e. The minimum Gasteiger partial charge on any atom is -0.496 e. The Bertz CT molecular complexity index is 686. The summed E-state index contributed by atoms with van der Waals surface area (Å²) in [5, 5.41) is -0.134. The zero-order valence-electron chi connectivity index (χ0n) is 13.8. The first-order chi connectivity index (χ1) is 11.7. The monoisotopic (exact) mass is 344 g/mol. The number of thioether (sulfide) groups is 1. The third-order valence-corrected chi connectivity index (χ3v) is 5.26. The van der Waals surface area contributed by atoms with E-state index in [4.69, 9.17) is 9.47 Å². The number of ether oxygens (including phenoxy) is 2. The Labute approximate surface area is 146 Å². The highest BCUT2D eigenvalue weighted by molar-refractivity contribution is 7.99. The molecule has 1 aromatic heterocycles. The Kier molecular flexibility index (Phi) is 5.25. The fraction of sp³-hybridized carbons (Fsp3) is 0.333. The van der Waals surface area contributed by atoms with E-state index >= 15 is 0 Å². The van der Waals surface area contributed by atoms with Crippen molar-refractivity contribution in [2.24, 2.45) is 0 Å². The molecule has 0 bridgehead atoms. The maximum absolute atomic E-state index is 12.6. The molecule has 6 heteroatoms. The van der Waals surface area contributed by atoms with Gasteiger partial charge >= 0.3 is 0 Å². The number of benzene rings is 1. The predicted molar refractivity (Wildman–Crippen MR) is 94.1 cm³/mol. The van der Waals surface area contributed by atoms with Crippen molar-refractivity contribution in [2.75, 3.05) is 20.0 Å². The molecule has 3 rings (SSSR count). The third kappa shape index (κ3) is 3.33. The SMILES string of the molecule is COc1cccc(OC)c1C1SCCC(=O)N1Cc1ccncc1. The number of amides is 1. The minimum absolute atomic E-state index is 0.134. The first-order valence-electron chi connectivity index (χ1n) is 7.75. The molecule has 1 aliphatic rings. The van der Waals surface area contributed by atoms with Gasteiger partial charge in [-0.1, -0.05) is 6.07 Å². The van der Waals surface area contributed by atoms with Crippen molar-refractivity contribution in [3.05, 3.63) is 53.9 Å². The highest BCUT2D eigenvalue weighted by Crippen LogP contribution is 2.46. The van der Waals surface area contributed by atoms with Crippen LogP contribution in [0.15, 0.2) is 42.7 Å². The van der Waals surface area contributed by atoms with Gasteiger partial charge < -0.3 is 14.4 Å². The van der Waals surface area contributed by atoms with Crippen molar-refractivity contribution < 1.29 is 14.3 Å². The second-order valence-corrected chi connectivity index (χ2v) is 6.61. The number of pyridine rings is 1. The van der Waals surface area contributed by atoms with Gasteiger partial charge in [0.2, 0.25) is 5.91 Å². The van der Waals surface area contributed by atoms with Crippen molar-refractivity contribution in [3.63, 3.8) is 0 Å². The molecule has 1 aliphatic heterocycles. The molecule has 0 radical (unpaired) electrons. The van der Waals surface area contributed by atoms with E-state index in [1.54, 1.807) is 38.4 Å². The minimum atomic E-state index is -0.134. The van der Waals surface area contributed by atoms with Gasteiger partial charge in [0.25, 0.3) is 0 Å². The van der Waals surface area contributed by atoms with E-state index in [-0.39, 0.29) is 11.3 Å². The predicted octanol–water partition coefficient (Wildman–Crippen LogP) is 3.26. The van der Waals surface area contributed by atoms with Crippen molar-refractivity contribution in [3.8, 4) is 11.5 Å². The van der Waals surface area contributed by atoms with E-state index in [2.05, 4.69) is 4.98 Å². The normalized spacial score (nSPS) is 17.7. The lowest BCUT2D eigenvalue weighted by Gasteiger charge is -2.36. The van der Waals surface area contributed by atoms with Crippen LogP contribution in [0.4, 0.5) is 0 Å². The Morgan fingerprint density at radius 2 is 1.83 bits per heavy atom. The van der Waals surface area contributed by atoms with Crippen LogP contribution in [0.25, 0.3) is 0 Å². The third-order valence-electron chi connectivity index (χ3n) is 4.01. The maximum Gasteiger partial charge on any atom is 0.224 e. The zero-order valence-corrected chi connectivity index (χ0v) is 14.6. The number of hydrogen-bond acceptors (Lipinski definition) is 5. The molecule has 1 amide bonds. The number of aromatic nitrogens is 1. The standard InChI is InChI=1S/C18H20N2O3S/c1-22-14-4-3-5-15(23-2)17(14)18-20(16(21)8-11-24-18)12-13-6-9-19-10-7-13/h3-7,9-10,18H,8,11-12H2,1-2H3. The molecule has 0 spiro atoms. The van der Waals surface area contributed by atoms with E-state index in [0.29, 0.717) is 13.0 Å². The average Bonchev–Trinajstić information content (AvgIpc) is 2.63. The number of hydrogen-bond donors (Lipinski definition) is 0. The second kappa shape index (κ2) is 7.57. The van der Waals surface area contributed by atoms with Gasteiger partial charge in [-0.3, -0.25) is 9.78 Å². The van der Waals surface area contributed by atoms with Crippen molar-refractivity contribution >= 4 is 17.7 Å². The highest BCUT2D eigenvalue weighted by atomic mass is 32.2. The van der Waals surface area contributed by atoms with Crippen molar-refractivity contribution in [2.45, 2.75) is 18.3 Å². The van der Waals surface area contributed by atoms with E-state index in [0.717, 1.165) is 28.4 Å². The summed E-state index contributed by atoms with van der Waals surface area (Å²) in [4.78, 5) is 18.5. The number of carbonyl (C=O) groups is 1. The van der Waals surface area contributed by atoms with Crippen LogP contribution in [0, 0.1) is 0 Å². The van der Waals surface area contributed by atoms with E-state index < -0.39 is 0 Å². The Morgan fingerprint density at radius 3 is 2.46 bits per heavy atom. The van der Waals surface area contributed by atoms with E-state index in [9.17, 15) is 4.79 Å². The van der Waals surface area contributed by atoms with Crippen LogP contribution < -0.4 is 9.47 Å². The second-order valence-electron chi connectivity index (χ2n) is 5.43. The van der Waals surface area contributed by atoms with Crippen LogP contribution in [0.3, 0.4) is 0 Å². The molecule has 5 nitrogen and oxygen atoms in total. The molecule has 0 aliphatic carbocycles. The van der Waals surface area contributed by atoms with Crippen LogP contribution >= 0.6 is 11.8 Å². The molecule has 1 atom stereocenters. The summed E-state index contributed by atoms with van der Waals surface area (Å²) in [6, 6.07) is 9.57. The first kappa shape index (κ1) is 16.6. The molecule has 1 saturated heterocycles. The molecule has 24 heavy (non-hydrogen) atoms. The van der Waals surface area contributed by atoms with Gasteiger partial charge in [-0.2, -0.15) is 0 Å². The van der Waals surface area contributed by atoms with Gasteiger partial charge in [0, 0.05) is 31.1 Å².